The lowest BCUT2D eigenvalue weighted by molar-refractivity contribution is -0.269. The minimum atomic E-state index is -1.30. The van der Waals surface area contributed by atoms with Gasteiger partial charge in [0.15, 0.2) is 12.2 Å². The summed E-state index contributed by atoms with van der Waals surface area (Å²) in [5.41, 5.74) is 0. The van der Waals surface area contributed by atoms with E-state index in [0.717, 1.165) is 0 Å². The predicted molar refractivity (Wildman–Crippen MR) is 54.0 cm³/mol. The van der Waals surface area contributed by atoms with Gasteiger partial charge >= 0.3 is 11.9 Å². The highest BCUT2D eigenvalue weighted by Crippen LogP contribution is 2.02. The van der Waals surface area contributed by atoms with Gasteiger partial charge in [0, 0.05) is 0 Å². The molecule has 16 heavy (non-hydrogen) atoms. The van der Waals surface area contributed by atoms with E-state index in [0.29, 0.717) is 12.8 Å². The van der Waals surface area contributed by atoms with E-state index < -0.39 is 24.1 Å². The van der Waals surface area contributed by atoms with E-state index in [9.17, 15) is 9.59 Å². The normalized spacial score (nSPS) is 14.0. The summed E-state index contributed by atoms with van der Waals surface area (Å²) in [4.78, 5) is 30.1. The van der Waals surface area contributed by atoms with Crippen molar-refractivity contribution in [3.8, 4) is 0 Å². The molecule has 0 heterocycles. The molecule has 6 heteroatoms. The average Bonchev–Trinajstić information content (AvgIpc) is 2.25. The Morgan fingerprint density at radius 1 is 0.938 bits per heavy atom. The van der Waals surface area contributed by atoms with Crippen molar-refractivity contribution >= 4 is 11.9 Å². The summed E-state index contributed by atoms with van der Waals surface area (Å²) >= 11 is 0. The van der Waals surface area contributed by atoms with E-state index in [2.05, 4.69) is 9.78 Å². The summed E-state index contributed by atoms with van der Waals surface area (Å²) in [5.74, 6) is -2.06. The second-order valence-corrected chi connectivity index (χ2v) is 3.41. The molecular weight excluding hydrogens is 216 g/mol. The largest absolute Gasteiger partial charge is 0.383 e. The minimum absolute atomic E-state index is 0.230. The van der Waals surface area contributed by atoms with Crippen LogP contribution in [0.15, 0.2) is 0 Å². The van der Waals surface area contributed by atoms with Crippen LogP contribution in [0.25, 0.3) is 0 Å². The monoisotopic (exact) mass is 234 g/mol. The number of hydrogen-bond donors (Lipinski definition) is 2. The molecule has 0 spiro atoms. The van der Waals surface area contributed by atoms with Crippen molar-refractivity contribution in [2.45, 2.75) is 51.7 Å². The smallest absolute Gasteiger partial charge is 0.381 e. The Kier molecular flexibility index (Phi) is 7.49. The molecule has 0 bridgehead atoms. The molecule has 0 saturated carbocycles. The van der Waals surface area contributed by atoms with Crippen LogP contribution in [0, 0.1) is 0 Å². The molecule has 2 N–H and O–H groups in total. The predicted octanol–water partition coefficient (Wildman–Crippen LogP) is 0.310. The van der Waals surface area contributed by atoms with Crippen LogP contribution in [0.2, 0.25) is 0 Å². The van der Waals surface area contributed by atoms with Crippen molar-refractivity contribution in [1.82, 2.24) is 0 Å². The van der Waals surface area contributed by atoms with Gasteiger partial charge in [-0.1, -0.05) is 26.7 Å². The molecule has 94 valence electrons. The minimum Gasteiger partial charge on any atom is -0.381 e. The molecule has 0 aromatic heterocycles. The van der Waals surface area contributed by atoms with E-state index in [4.69, 9.17) is 10.2 Å². The molecule has 0 aliphatic heterocycles. The molecule has 0 aromatic carbocycles. The standard InChI is InChI=1S/C10H18O6/c1-3-5-7(11)9(13)15-16-10(14)8(12)6-4-2/h7-8,11-12H,3-6H2,1-2H3. The summed E-state index contributed by atoms with van der Waals surface area (Å²) in [5, 5.41) is 18.3. The Labute approximate surface area is 94.1 Å². The van der Waals surface area contributed by atoms with Crippen molar-refractivity contribution in [2.24, 2.45) is 0 Å². The molecule has 2 unspecified atom stereocenters. The molecule has 0 aliphatic carbocycles. The van der Waals surface area contributed by atoms with E-state index in [1.54, 1.807) is 13.8 Å². The van der Waals surface area contributed by atoms with Gasteiger partial charge < -0.3 is 10.2 Å². The van der Waals surface area contributed by atoms with Gasteiger partial charge in [0.2, 0.25) is 0 Å². The van der Waals surface area contributed by atoms with Gasteiger partial charge in [-0.2, -0.15) is 0 Å². The van der Waals surface area contributed by atoms with Crippen molar-refractivity contribution in [3.63, 3.8) is 0 Å². The van der Waals surface area contributed by atoms with Gasteiger partial charge in [0.25, 0.3) is 0 Å². The molecule has 0 saturated heterocycles. The first-order chi connectivity index (χ1) is 7.52. The lowest BCUT2D eigenvalue weighted by atomic mass is 10.2. The van der Waals surface area contributed by atoms with Crippen molar-refractivity contribution in [3.05, 3.63) is 0 Å². The zero-order valence-electron chi connectivity index (χ0n) is 9.51. The number of aliphatic hydroxyl groups is 2. The molecule has 0 amide bonds. The maximum atomic E-state index is 11.0. The topological polar surface area (TPSA) is 93.1 Å². The second kappa shape index (κ2) is 8.06. The van der Waals surface area contributed by atoms with Crippen molar-refractivity contribution in [1.29, 1.82) is 0 Å². The molecule has 0 aliphatic rings. The van der Waals surface area contributed by atoms with Crippen LogP contribution in [-0.4, -0.2) is 34.4 Å². The third-order valence-corrected chi connectivity index (χ3v) is 1.87. The third kappa shape index (κ3) is 5.67. The van der Waals surface area contributed by atoms with Gasteiger partial charge in [0.1, 0.15) is 0 Å². The van der Waals surface area contributed by atoms with Crippen LogP contribution < -0.4 is 0 Å². The summed E-state index contributed by atoms with van der Waals surface area (Å²) < 4.78 is 0. The quantitative estimate of drug-likeness (QED) is 0.507. The van der Waals surface area contributed by atoms with Gasteiger partial charge in [0.05, 0.1) is 0 Å². The fourth-order valence-corrected chi connectivity index (χ4v) is 0.976. The maximum absolute atomic E-state index is 11.0. The Hall–Kier alpha value is -1.14. The average molecular weight is 234 g/mol. The number of aliphatic hydroxyl groups excluding tert-OH is 2. The Bertz CT molecular complexity index is 203. The summed E-state index contributed by atoms with van der Waals surface area (Å²) in [7, 11) is 0. The Balaban J connectivity index is 3.87. The highest BCUT2D eigenvalue weighted by Gasteiger charge is 2.22. The Morgan fingerprint density at radius 3 is 1.50 bits per heavy atom. The number of rotatable bonds is 6. The zero-order chi connectivity index (χ0) is 12.6. The molecule has 0 rings (SSSR count). The highest BCUT2D eigenvalue weighted by atomic mass is 17.2. The number of hydrogen-bond acceptors (Lipinski definition) is 6. The van der Waals surface area contributed by atoms with Gasteiger partial charge in [-0.15, -0.1) is 0 Å². The molecule has 0 radical (unpaired) electrons. The maximum Gasteiger partial charge on any atom is 0.383 e. The van der Waals surface area contributed by atoms with Crippen molar-refractivity contribution in [2.75, 3.05) is 0 Å². The van der Waals surface area contributed by atoms with Gasteiger partial charge in [-0.05, 0) is 12.8 Å². The van der Waals surface area contributed by atoms with Crippen LogP contribution in [0.5, 0.6) is 0 Å². The molecule has 0 aromatic rings. The van der Waals surface area contributed by atoms with Crippen LogP contribution in [0.4, 0.5) is 0 Å². The van der Waals surface area contributed by atoms with Gasteiger partial charge in [-0.25, -0.2) is 19.4 Å². The van der Waals surface area contributed by atoms with E-state index in [1.165, 1.54) is 0 Å². The molecule has 0 fully saturated rings. The fraction of sp³-hybridized carbons (Fsp3) is 0.800. The molecular formula is C10H18O6. The second-order valence-electron chi connectivity index (χ2n) is 3.41. The van der Waals surface area contributed by atoms with E-state index in [1.807, 2.05) is 0 Å². The highest BCUT2D eigenvalue weighted by molar-refractivity contribution is 5.77. The lowest BCUT2D eigenvalue weighted by Gasteiger charge is -2.09. The first-order valence-electron chi connectivity index (χ1n) is 5.31. The van der Waals surface area contributed by atoms with Crippen LogP contribution in [0.3, 0.4) is 0 Å². The SMILES string of the molecule is CCCC(O)C(=O)OOC(=O)C(O)CCC. The fourth-order valence-electron chi connectivity index (χ4n) is 0.976. The summed E-state index contributed by atoms with van der Waals surface area (Å²) in [6, 6.07) is 0. The van der Waals surface area contributed by atoms with Crippen molar-refractivity contribution < 1.29 is 29.6 Å². The Morgan fingerprint density at radius 2 is 1.25 bits per heavy atom. The third-order valence-electron chi connectivity index (χ3n) is 1.87. The zero-order valence-corrected chi connectivity index (χ0v) is 9.51. The van der Waals surface area contributed by atoms with E-state index in [-0.39, 0.29) is 12.8 Å². The first-order valence-corrected chi connectivity index (χ1v) is 5.31. The van der Waals surface area contributed by atoms with Crippen LogP contribution >= 0.6 is 0 Å². The molecule has 2 atom stereocenters. The first kappa shape index (κ1) is 14.9. The number of carbonyl (C=O) groups excluding carboxylic acids is 2. The lowest BCUT2D eigenvalue weighted by Crippen LogP contribution is -2.28. The van der Waals surface area contributed by atoms with Crippen LogP contribution in [0.1, 0.15) is 39.5 Å². The van der Waals surface area contributed by atoms with Crippen LogP contribution in [-0.2, 0) is 19.4 Å². The van der Waals surface area contributed by atoms with Gasteiger partial charge in [-0.3, -0.25) is 0 Å². The summed E-state index contributed by atoms with van der Waals surface area (Å²) in [6.07, 6.45) is -0.949. The number of carbonyl (C=O) groups is 2. The van der Waals surface area contributed by atoms with E-state index >= 15 is 0 Å². The summed E-state index contributed by atoms with van der Waals surface area (Å²) in [6.45, 7) is 3.57. The molecule has 6 nitrogen and oxygen atoms in total.